The van der Waals surface area contributed by atoms with Crippen molar-refractivity contribution in [2.24, 2.45) is 5.73 Å². The van der Waals surface area contributed by atoms with Gasteiger partial charge in [-0.05, 0) is 92.6 Å². The number of pyridine rings is 1. The molecule has 2 aromatic carbocycles. The number of nitrogens with one attached hydrogen (secondary N) is 1. The first kappa shape index (κ1) is 28.9. The second-order valence-corrected chi connectivity index (χ2v) is 11.6. The third-order valence-corrected chi connectivity index (χ3v) is 8.24. The van der Waals surface area contributed by atoms with Gasteiger partial charge in [0.05, 0.1) is 18.3 Å². The maximum atomic E-state index is 14.7. The van der Waals surface area contributed by atoms with Crippen LogP contribution in [0.15, 0.2) is 48.5 Å². The summed E-state index contributed by atoms with van der Waals surface area (Å²) >= 11 is 0. The Balaban J connectivity index is 1.36. The number of halogens is 4. The number of alkyl halides is 3. The Morgan fingerprint density at radius 3 is 2.42 bits per heavy atom. The second-order valence-electron chi connectivity index (χ2n) is 11.6. The van der Waals surface area contributed by atoms with E-state index >= 15 is 0 Å². The first-order valence-electron chi connectivity index (χ1n) is 13.9. The van der Waals surface area contributed by atoms with E-state index in [0.29, 0.717) is 5.75 Å². The van der Waals surface area contributed by atoms with Gasteiger partial charge in [-0.1, -0.05) is 0 Å². The molecule has 0 radical (unpaired) electrons. The number of primary amides is 1. The van der Waals surface area contributed by atoms with Gasteiger partial charge in [-0.2, -0.15) is 13.2 Å². The van der Waals surface area contributed by atoms with E-state index in [2.05, 4.69) is 10.3 Å². The van der Waals surface area contributed by atoms with Gasteiger partial charge in [-0.15, -0.1) is 0 Å². The fraction of sp³-hybridized carbons (Fsp3) is 0.387. The predicted molar refractivity (Wildman–Crippen MR) is 146 cm³/mol. The normalized spacial score (nSPS) is 21.0. The number of nitrogens with two attached hydrogens (primary N) is 1. The SMILES string of the molecule is C[C@]1(C(N)=O)COc2c1cc([C@@](O)(CNC(=O)c1ccc(OC3CC3)c(C3CC3)c1)C(F)(F)F)nc2-c1ccc(F)cc1. The highest BCUT2D eigenvalue weighted by Gasteiger charge is 2.57. The molecule has 2 amide bonds. The molecular weight excluding hydrogens is 570 g/mol. The molecule has 3 aromatic rings. The monoisotopic (exact) mass is 599 g/mol. The van der Waals surface area contributed by atoms with Crippen molar-refractivity contribution >= 4 is 11.8 Å². The minimum atomic E-state index is -5.31. The van der Waals surface area contributed by atoms with Gasteiger partial charge in [0, 0.05) is 16.7 Å². The molecule has 2 fully saturated rings. The lowest BCUT2D eigenvalue weighted by Gasteiger charge is -2.31. The number of carbonyl (C=O) groups excluding carboxylic acids is 2. The van der Waals surface area contributed by atoms with E-state index in [9.17, 15) is 32.3 Å². The smallest absolute Gasteiger partial charge is 0.424 e. The van der Waals surface area contributed by atoms with E-state index in [4.69, 9.17) is 15.2 Å². The van der Waals surface area contributed by atoms with E-state index in [-0.39, 0.29) is 46.8 Å². The lowest BCUT2D eigenvalue weighted by molar-refractivity contribution is -0.265. The number of ether oxygens (including phenoxy) is 2. The van der Waals surface area contributed by atoms with Crippen molar-refractivity contribution in [1.29, 1.82) is 0 Å². The van der Waals surface area contributed by atoms with Gasteiger partial charge >= 0.3 is 6.18 Å². The van der Waals surface area contributed by atoms with Crippen molar-refractivity contribution in [2.75, 3.05) is 13.2 Å². The second kappa shape index (κ2) is 10.2. The molecule has 12 heteroatoms. The van der Waals surface area contributed by atoms with Crippen LogP contribution in [0.4, 0.5) is 17.6 Å². The highest BCUT2D eigenvalue weighted by Crippen LogP contribution is 2.48. The first-order valence-corrected chi connectivity index (χ1v) is 13.9. The molecule has 2 atom stereocenters. The van der Waals surface area contributed by atoms with Gasteiger partial charge in [0.1, 0.15) is 35.0 Å². The minimum absolute atomic E-state index is 0.00803. The fourth-order valence-electron chi connectivity index (χ4n) is 5.12. The number of hydrogen-bond acceptors (Lipinski definition) is 6. The Bertz CT molecular complexity index is 1600. The molecule has 0 saturated heterocycles. The molecule has 4 N–H and O–H groups in total. The number of amides is 2. The predicted octanol–water partition coefficient (Wildman–Crippen LogP) is 4.62. The molecule has 6 rings (SSSR count). The molecule has 2 saturated carbocycles. The van der Waals surface area contributed by atoms with E-state index in [1.165, 1.54) is 25.1 Å². The molecule has 8 nitrogen and oxygen atoms in total. The van der Waals surface area contributed by atoms with Crippen molar-refractivity contribution in [1.82, 2.24) is 10.3 Å². The number of rotatable bonds is 9. The molecule has 0 spiro atoms. The number of hydrogen-bond donors (Lipinski definition) is 3. The topological polar surface area (TPSA) is 124 Å². The number of carbonyl (C=O) groups is 2. The molecule has 43 heavy (non-hydrogen) atoms. The van der Waals surface area contributed by atoms with Crippen LogP contribution < -0.4 is 20.5 Å². The van der Waals surface area contributed by atoms with Gasteiger partial charge in [0.2, 0.25) is 11.5 Å². The van der Waals surface area contributed by atoms with Crippen LogP contribution in [0.5, 0.6) is 11.5 Å². The van der Waals surface area contributed by atoms with E-state index in [0.717, 1.165) is 49.4 Å². The van der Waals surface area contributed by atoms with Gasteiger partial charge < -0.3 is 25.6 Å². The van der Waals surface area contributed by atoms with Crippen LogP contribution in [0.25, 0.3) is 11.3 Å². The number of fused-ring (bicyclic) bond motifs is 1. The number of nitrogens with zero attached hydrogens (tertiary/aromatic N) is 1. The minimum Gasteiger partial charge on any atom is -0.490 e. The van der Waals surface area contributed by atoms with Gasteiger partial charge in [-0.25, -0.2) is 9.37 Å². The van der Waals surface area contributed by atoms with Gasteiger partial charge in [-0.3, -0.25) is 9.59 Å². The number of aromatic nitrogens is 1. The van der Waals surface area contributed by atoms with Crippen molar-refractivity contribution < 1.29 is 41.7 Å². The molecule has 2 aliphatic carbocycles. The van der Waals surface area contributed by atoms with Crippen LogP contribution in [0, 0.1) is 5.82 Å². The maximum Gasteiger partial charge on any atom is 0.424 e. The van der Waals surface area contributed by atoms with Crippen molar-refractivity contribution in [2.45, 2.75) is 61.8 Å². The van der Waals surface area contributed by atoms with Gasteiger partial charge in [0.15, 0.2) is 0 Å². The third kappa shape index (κ3) is 5.28. The Labute approximate surface area is 244 Å². The highest BCUT2D eigenvalue weighted by molar-refractivity contribution is 5.95. The average molecular weight is 600 g/mol. The van der Waals surface area contributed by atoms with Crippen molar-refractivity contribution in [3.05, 3.63) is 76.7 Å². The van der Waals surface area contributed by atoms with Crippen LogP contribution in [-0.2, 0) is 15.8 Å². The zero-order valence-corrected chi connectivity index (χ0v) is 23.1. The van der Waals surface area contributed by atoms with Gasteiger partial charge in [0.25, 0.3) is 5.91 Å². The Morgan fingerprint density at radius 2 is 1.81 bits per heavy atom. The summed E-state index contributed by atoms with van der Waals surface area (Å²) < 4.78 is 69.2. The average Bonchev–Trinajstić information content (AvgIpc) is 3.91. The van der Waals surface area contributed by atoms with E-state index in [1.54, 1.807) is 12.1 Å². The summed E-state index contributed by atoms with van der Waals surface area (Å²) in [5.74, 6) is -1.40. The molecule has 226 valence electrons. The molecule has 0 unspecified atom stereocenters. The molecule has 3 aliphatic rings. The zero-order valence-electron chi connectivity index (χ0n) is 23.1. The number of aliphatic hydroxyl groups is 1. The summed E-state index contributed by atoms with van der Waals surface area (Å²) in [4.78, 5) is 29.6. The van der Waals surface area contributed by atoms with Crippen LogP contribution >= 0.6 is 0 Å². The summed E-state index contributed by atoms with van der Waals surface area (Å²) in [5, 5.41) is 13.5. The Kier molecular flexibility index (Phi) is 6.87. The van der Waals surface area contributed by atoms with E-state index in [1.807, 2.05) is 0 Å². The fourth-order valence-corrected chi connectivity index (χ4v) is 5.12. The standard InChI is InChI=1S/C31H29F4N3O5/c1-29(28(36)40)15-42-26-22(29)13-24(38-25(26)17-4-7-19(32)8-5-17)30(41,31(33,34)35)14-37-27(39)18-6-11-23(43-20-9-10-20)21(12-18)16-2-3-16/h4-8,11-13,16,20,41H,2-3,9-10,14-15H2,1H3,(H2,36,40)(H,37,39)/t29-,30-/m0/s1. The van der Waals surface area contributed by atoms with Crippen molar-refractivity contribution in [3.8, 4) is 22.8 Å². The summed E-state index contributed by atoms with van der Waals surface area (Å²) in [7, 11) is 0. The third-order valence-electron chi connectivity index (χ3n) is 8.24. The van der Waals surface area contributed by atoms with Crippen LogP contribution in [-0.4, -0.2) is 47.3 Å². The van der Waals surface area contributed by atoms with Crippen molar-refractivity contribution in [3.63, 3.8) is 0 Å². The zero-order chi connectivity index (χ0) is 30.7. The quantitative estimate of drug-likeness (QED) is 0.309. The summed E-state index contributed by atoms with van der Waals surface area (Å²) in [6, 6.07) is 10.4. The first-order chi connectivity index (χ1) is 20.3. The largest absolute Gasteiger partial charge is 0.490 e. The lowest BCUT2D eigenvalue weighted by Crippen LogP contribution is -2.51. The summed E-state index contributed by atoms with van der Waals surface area (Å²) in [6.07, 6.45) is -1.42. The molecular formula is C31H29F4N3O5. The summed E-state index contributed by atoms with van der Waals surface area (Å²) in [5.41, 5.74) is 0.476. The lowest BCUT2D eigenvalue weighted by atomic mass is 9.81. The highest BCUT2D eigenvalue weighted by atomic mass is 19.4. The Hall–Kier alpha value is -4.19. The molecule has 0 bridgehead atoms. The Morgan fingerprint density at radius 1 is 1.12 bits per heavy atom. The summed E-state index contributed by atoms with van der Waals surface area (Å²) in [6.45, 7) is -0.152. The van der Waals surface area contributed by atoms with Crippen LogP contribution in [0.2, 0.25) is 0 Å². The maximum absolute atomic E-state index is 14.7. The molecule has 1 aromatic heterocycles. The van der Waals surface area contributed by atoms with Crippen LogP contribution in [0.3, 0.4) is 0 Å². The van der Waals surface area contributed by atoms with E-state index < -0.39 is 47.1 Å². The molecule has 2 heterocycles. The number of benzene rings is 2. The molecule has 1 aliphatic heterocycles. The van der Waals surface area contributed by atoms with Crippen LogP contribution in [0.1, 0.15) is 65.7 Å².